The fourth-order valence-electron chi connectivity index (χ4n) is 1.10. The summed E-state index contributed by atoms with van der Waals surface area (Å²) in [5, 5.41) is 11.5. The van der Waals surface area contributed by atoms with Crippen LogP contribution in [0.4, 0.5) is 11.6 Å². The first-order chi connectivity index (χ1) is 7.78. The van der Waals surface area contributed by atoms with Crippen LogP contribution in [0.25, 0.3) is 0 Å². The molecule has 2 aromatic heterocycles. The van der Waals surface area contributed by atoms with Gasteiger partial charge in [0.1, 0.15) is 24.0 Å². The summed E-state index contributed by atoms with van der Waals surface area (Å²) in [7, 11) is 0. The van der Waals surface area contributed by atoms with Gasteiger partial charge in [0.05, 0.1) is 12.4 Å². The maximum atomic E-state index is 8.56. The molecule has 0 radical (unpaired) electrons. The molecule has 0 fully saturated rings. The molecule has 16 heavy (non-hydrogen) atoms. The van der Waals surface area contributed by atoms with Crippen molar-refractivity contribution in [3.8, 4) is 6.07 Å². The van der Waals surface area contributed by atoms with Crippen LogP contribution in [0.3, 0.4) is 0 Å². The van der Waals surface area contributed by atoms with E-state index in [2.05, 4.69) is 25.3 Å². The van der Waals surface area contributed by atoms with Crippen LogP contribution >= 0.6 is 0 Å². The average Bonchev–Trinajstić information content (AvgIpc) is 2.30. The van der Waals surface area contributed by atoms with E-state index in [0.717, 1.165) is 5.69 Å². The number of aromatic nitrogens is 4. The lowest BCUT2D eigenvalue weighted by Gasteiger charge is -2.03. The Morgan fingerprint density at radius 2 is 2.00 bits per heavy atom. The molecular formula is C10H8N6. The first-order valence-corrected chi connectivity index (χ1v) is 4.56. The fourth-order valence-corrected chi connectivity index (χ4v) is 1.10. The summed E-state index contributed by atoms with van der Waals surface area (Å²) in [6.45, 7) is 1.87. The van der Waals surface area contributed by atoms with Crippen molar-refractivity contribution in [3.63, 3.8) is 0 Å². The molecule has 0 aliphatic rings. The van der Waals surface area contributed by atoms with Gasteiger partial charge < -0.3 is 5.32 Å². The standard InChI is InChI=1S/C10H8N6/c1-7-2-9(15-6-14-7)16-10-5-12-8(3-11)4-13-10/h2,4-6H,1H3,(H,13,14,15,16). The number of anilines is 2. The Morgan fingerprint density at radius 3 is 2.62 bits per heavy atom. The van der Waals surface area contributed by atoms with Gasteiger partial charge in [-0.05, 0) is 6.92 Å². The molecule has 0 spiro atoms. The first kappa shape index (κ1) is 9.98. The highest BCUT2D eigenvalue weighted by molar-refractivity contribution is 5.50. The third kappa shape index (κ3) is 2.27. The van der Waals surface area contributed by atoms with Crippen molar-refractivity contribution in [3.05, 3.63) is 36.2 Å². The molecule has 0 saturated heterocycles. The summed E-state index contributed by atoms with van der Waals surface area (Å²) < 4.78 is 0. The predicted octanol–water partition coefficient (Wildman–Crippen LogP) is 1.19. The van der Waals surface area contributed by atoms with Gasteiger partial charge in [-0.25, -0.2) is 19.9 Å². The highest BCUT2D eigenvalue weighted by Crippen LogP contribution is 2.10. The minimum absolute atomic E-state index is 0.282. The van der Waals surface area contributed by atoms with Crippen LogP contribution in [-0.4, -0.2) is 19.9 Å². The van der Waals surface area contributed by atoms with Crippen molar-refractivity contribution in [2.24, 2.45) is 0 Å². The Hall–Kier alpha value is -2.55. The number of aryl methyl sites for hydroxylation is 1. The zero-order valence-electron chi connectivity index (χ0n) is 8.55. The predicted molar refractivity (Wildman–Crippen MR) is 56.8 cm³/mol. The van der Waals surface area contributed by atoms with Crippen molar-refractivity contribution in [2.45, 2.75) is 6.92 Å². The third-order valence-corrected chi connectivity index (χ3v) is 1.83. The smallest absolute Gasteiger partial charge is 0.158 e. The van der Waals surface area contributed by atoms with E-state index in [9.17, 15) is 0 Å². The van der Waals surface area contributed by atoms with Gasteiger partial charge in [-0.3, -0.25) is 0 Å². The SMILES string of the molecule is Cc1cc(Nc2cnc(C#N)cn2)ncn1. The molecule has 0 bridgehead atoms. The lowest BCUT2D eigenvalue weighted by atomic mass is 10.4. The minimum Gasteiger partial charge on any atom is -0.324 e. The number of nitriles is 1. The van der Waals surface area contributed by atoms with Gasteiger partial charge in [0.15, 0.2) is 5.69 Å². The van der Waals surface area contributed by atoms with Crippen molar-refractivity contribution in [1.82, 2.24) is 19.9 Å². The number of nitrogens with zero attached hydrogens (tertiary/aromatic N) is 5. The van der Waals surface area contributed by atoms with E-state index in [-0.39, 0.29) is 5.69 Å². The summed E-state index contributed by atoms with van der Waals surface area (Å²) in [6, 6.07) is 3.69. The van der Waals surface area contributed by atoms with E-state index in [0.29, 0.717) is 11.6 Å². The second kappa shape index (κ2) is 4.31. The summed E-state index contributed by atoms with van der Waals surface area (Å²) >= 11 is 0. The monoisotopic (exact) mass is 212 g/mol. The van der Waals surface area contributed by atoms with Gasteiger partial charge in [-0.1, -0.05) is 0 Å². The molecule has 0 saturated carbocycles. The van der Waals surface area contributed by atoms with Gasteiger partial charge in [-0.15, -0.1) is 0 Å². The Balaban J connectivity index is 2.18. The van der Waals surface area contributed by atoms with Gasteiger partial charge >= 0.3 is 0 Å². The number of hydrogen-bond donors (Lipinski definition) is 1. The summed E-state index contributed by atoms with van der Waals surface area (Å²) in [5.74, 6) is 1.18. The quantitative estimate of drug-likeness (QED) is 0.804. The first-order valence-electron chi connectivity index (χ1n) is 4.56. The lowest BCUT2D eigenvalue weighted by molar-refractivity contribution is 1.09. The van der Waals surface area contributed by atoms with Gasteiger partial charge in [0, 0.05) is 11.8 Å². The molecule has 1 N–H and O–H groups in total. The third-order valence-electron chi connectivity index (χ3n) is 1.83. The molecule has 6 nitrogen and oxygen atoms in total. The second-order valence-electron chi connectivity index (χ2n) is 3.07. The van der Waals surface area contributed by atoms with E-state index in [1.807, 2.05) is 13.0 Å². The average molecular weight is 212 g/mol. The molecule has 0 aliphatic heterocycles. The molecule has 0 unspecified atom stereocenters. The topological polar surface area (TPSA) is 87.4 Å². The van der Waals surface area contributed by atoms with E-state index in [1.165, 1.54) is 18.7 Å². The second-order valence-corrected chi connectivity index (χ2v) is 3.07. The fraction of sp³-hybridized carbons (Fsp3) is 0.100. The molecule has 6 heteroatoms. The Bertz CT molecular complexity index is 528. The molecule has 0 amide bonds. The van der Waals surface area contributed by atoms with Crippen molar-refractivity contribution in [2.75, 3.05) is 5.32 Å². The molecule has 0 aromatic carbocycles. The zero-order valence-corrected chi connectivity index (χ0v) is 8.55. The van der Waals surface area contributed by atoms with E-state index in [1.54, 1.807) is 6.07 Å². The maximum absolute atomic E-state index is 8.56. The van der Waals surface area contributed by atoms with Crippen LogP contribution in [0.15, 0.2) is 24.8 Å². The maximum Gasteiger partial charge on any atom is 0.158 e. The lowest BCUT2D eigenvalue weighted by Crippen LogP contribution is -1.98. The van der Waals surface area contributed by atoms with Crippen molar-refractivity contribution < 1.29 is 0 Å². The molecule has 2 aromatic rings. The molecular weight excluding hydrogens is 204 g/mol. The van der Waals surface area contributed by atoms with Crippen LogP contribution in [0, 0.1) is 18.3 Å². The zero-order chi connectivity index (χ0) is 11.4. The Kier molecular flexibility index (Phi) is 2.69. The highest BCUT2D eigenvalue weighted by Gasteiger charge is 1.99. The summed E-state index contributed by atoms with van der Waals surface area (Å²) in [5.41, 5.74) is 1.14. The Labute approximate surface area is 92.0 Å². The molecule has 78 valence electrons. The van der Waals surface area contributed by atoms with Crippen LogP contribution in [0.1, 0.15) is 11.4 Å². The van der Waals surface area contributed by atoms with E-state index >= 15 is 0 Å². The van der Waals surface area contributed by atoms with Crippen LogP contribution in [0.2, 0.25) is 0 Å². The van der Waals surface area contributed by atoms with Crippen LogP contribution in [-0.2, 0) is 0 Å². The molecule has 2 heterocycles. The van der Waals surface area contributed by atoms with Gasteiger partial charge in [0.2, 0.25) is 0 Å². The number of hydrogen-bond acceptors (Lipinski definition) is 6. The largest absolute Gasteiger partial charge is 0.324 e. The summed E-state index contributed by atoms with van der Waals surface area (Å²) in [4.78, 5) is 15.9. The molecule has 2 rings (SSSR count). The molecule has 0 aliphatic carbocycles. The number of nitrogens with one attached hydrogen (secondary N) is 1. The van der Waals surface area contributed by atoms with Crippen molar-refractivity contribution >= 4 is 11.6 Å². The number of rotatable bonds is 2. The minimum atomic E-state index is 0.282. The highest BCUT2D eigenvalue weighted by atomic mass is 15.1. The summed E-state index contributed by atoms with van der Waals surface area (Å²) in [6.07, 6.45) is 4.35. The van der Waals surface area contributed by atoms with Crippen LogP contribution < -0.4 is 5.32 Å². The van der Waals surface area contributed by atoms with Gasteiger partial charge in [0.25, 0.3) is 0 Å². The van der Waals surface area contributed by atoms with E-state index < -0.39 is 0 Å². The Morgan fingerprint density at radius 1 is 1.12 bits per heavy atom. The van der Waals surface area contributed by atoms with Crippen LogP contribution in [0.5, 0.6) is 0 Å². The van der Waals surface area contributed by atoms with Gasteiger partial charge in [-0.2, -0.15) is 5.26 Å². The molecule has 0 atom stereocenters. The van der Waals surface area contributed by atoms with E-state index in [4.69, 9.17) is 5.26 Å². The normalized spacial score (nSPS) is 9.50. The van der Waals surface area contributed by atoms with Crippen molar-refractivity contribution in [1.29, 1.82) is 5.26 Å².